The van der Waals surface area contributed by atoms with E-state index in [9.17, 15) is 19.2 Å². The van der Waals surface area contributed by atoms with E-state index < -0.39 is 36.0 Å². The van der Waals surface area contributed by atoms with Crippen LogP contribution in [0.1, 0.15) is 37.6 Å². The SMILES string of the molecule is COc1ccc(CN2C(=O)[C@@H](NC(=O)OCc3ccccc3)[C@H]2Cn2ncc(COC(=O)N3CC(CNC(=O)OC(C)(C)C)C3)n2)c(OC)c1. The molecule has 2 N–H and O–H groups in total. The molecule has 2 aliphatic heterocycles. The third-order valence-electron chi connectivity index (χ3n) is 8.08. The number of hydrogen-bond acceptors (Lipinski definition) is 11. The van der Waals surface area contributed by atoms with Gasteiger partial charge in [-0.15, -0.1) is 0 Å². The topological polar surface area (TPSA) is 176 Å². The van der Waals surface area contributed by atoms with Crippen LogP contribution in [0.2, 0.25) is 0 Å². The zero-order valence-corrected chi connectivity index (χ0v) is 28.8. The molecule has 2 atom stereocenters. The number of alkyl carbamates (subject to hydrolysis) is 2. The summed E-state index contributed by atoms with van der Waals surface area (Å²) >= 11 is 0. The lowest BCUT2D eigenvalue weighted by atomic mass is 9.94. The lowest BCUT2D eigenvalue weighted by Gasteiger charge is -2.46. The quantitative estimate of drug-likeness (QED) is 0.199. The smallest absolute Gasteiger partial charge is 0.410 e. The summed E-state index contributed by atoms with van der Waals surface area (Å²) in [5.41, 5.74) is 1.37. The fourth-order valence-electron chi connectivity index (χ4n) is 5.49. The van der Waals surface area contributed by atoms with Gasteiger partial charge in [0, 0.05) is 43.7 Å². The van der Waals surface area contributed by atoms with Gasteiger partial charge in [-0.25, -0.2) is 14.4 Å². The zero-order chi connectivity index (χ0) is 35.8. The van der Waals surface area contributed by atoms with Crippen molar-refractivity contribution < 1.29 is 42.9 Å². The number of rotatable bonds is 13. The molecule has 3 heterocycles. The first-order valence-corrected chi connectivity index (χ1v) is 16.2. The number of nitrogens with zero attached hydrogens (tertiary/aromatic N) is 5. The van der Waals surface area contributed by atoms with Crippen molar-refractivity contribution in [1.82, 2.24) is 35.4 Å². The van der Waals surface area contributed by atoms with Gasteiger partial charge in [0.1, 0.15) is 42.0 Å². The normalized spacial score (nSPS) is 17.3. The lowest BCUT2D eigenvalue weighted by molar-refractivity contribution is -0.153. The minimum absolute atomic E-state index is 0.0505. The minimum atomic E-state index is -0.890. The first-order chi connectivity index (χ1) is 23.9. The molecule has 0 saturated carbocycles. The first-order valence-electron chi connectivity index (χ1n) is 16.2. The third kappa shape index (κ3) is 9.33. The van der Waals surface area contributed by atoms with Crippen LogP contribution in [0.4, 0.5) is 14.4 Å². The number of carbonyl (C=O) groups is 4. The van der Waals surface area contributed by atoms with E-state index >= 15 is 0 Å². The number of β-lactam (4-membered cyclic amide) rings is 1. The van der Waals surface area contributed by atoms with Crippen LogP contribution in [0.5, 0.6) is 11.5 Å². The maximum atomic E-state index is 13.4. The van der Waals surface area contributed by atoms with E-state index in [1.807, 2.05) is 36.4 Å². The summed E-state index contributed by atoms with van der Waals surface area (Å²) in [5, 5.41) is 14.2. The number of likely N-dealkylation sites (tertiary alicyclic amines) is 2. The molecule has 2 fully saturated rings. The Bertz CT molecular complexity index is 1650. The summed E-state index contributed by atoms with van der Waals surface area (Å²) in [6, 6.07) is 13.1. The average Bonchev–Trinajstić information content (AvgIpc) is 3.53. The van der Waals surface area contributed by atoms with E-state index in [0.717, 1.165) is 11.1 Å². The second-order valence-corrected chi connectivity index (χ2v) is 13.0. The Labute approximate surface area is 289 Å². The predicted molar refractivity (Wildman–Crippen MR) is 177 cm³/mol. The van der Waals surface area contributed by atoms with Crippen LogP contribution in [0.25, 0.3) is 0 Å². The van der Waals surface area contributed by atoms with Gasteiger partial charge < -0.3 is 44.1 Å². The van der Waals surface area contributed by atoms with Crippen LogP contribution >= 0.6 is 0 Å². The van der Waals surface area contributed by atoms with Crippen LogP contribution in [-0.4, -0.2) is 101 Å². The average molecular weight is 694 g/mol. The number of aromatic nitrogens is 3. The largest absolute Gasteiger partial charge is 0.497 e. The number of nitrogens with one attached hydrogen (secondary N) is 2. The zero-order valence-electron chi connectivity index (χ0n) is 28.8. The van der Waals surface area contributed by atoms with Crippen molar-refractivity contribution in [1.29, 1.82) is 0 Å². The van der Waals surface area contributed by atoms with E-state index in [2.05, 4.69) is 20.8 Å². The second-order valence-electron chi connectivity index (χ2n) is 13.0. The lowest BCUT2D eigenvalue weighted by Crippen LogP contribution is -2.71. The number of amides is 4. The minimum Gasteiger partial charge on any atom is -0.497 e. The molecule has 1 aromatic heterocycles. The molecule has 4 amide bonds. The third-order valence-corrected chi connectivity index (χ3v) is 8.08. The molecule has 2 saturated heterocycles. The second kappa shape index (κ2) is 15.8. The first kappa shape index (κ1) is 35.8. The van der Waals surface area contributed by atoms with E-state index in [-0.39, 0.29) is 38.1 Å². The van der Waals surface area contributed by atoms with Crippen molar-refractivity contribution >= 4 is 24.2 Å². The van der Waals surface area contributed by atoms with Gasteiger partial charge >= 0.3 is 18.3 Å². The molecule has 16 nitrogen and oxygen atoms in total. The Morgan fingerprint density at radius 1 is 0.960 bits per heavy atom. The maximum absolute atomic E-state index is 13.4. The number of ether oxygens (including phenoxy) is 5. The number of hydrogen-bond donors (Lipinski definition) is 2. The van der Waals surface area contributed by atoms with E-state index in [4.69, 9.17) is 23.7 Å². The summed E-state index contributed by atoms with van der Waals surface area (Å²) in [4.78, 5) is 55.1. The summed E-state index contributed by atoms with van der Waals surface area (Å²) in [6.45, 7) is 6.91. The molecule has 0 spiro atoms. The van der Waals surface area contributed by atoms with E-state index in [1.165, 1.54) is 23.0 Å². The summed E-state index contributed by atoms with van der Waals surface area (Å²) in [5.74, 6) is 0.943. The van der Waals surface area contributed by atoms with Gasteiger partial charge in [0.05, 0.1) is 33.0 Å². The highest BCUT2D eigenvalue weighted by Crippen LogP contribution is 2.30. The molecular formula is C34H43N7O9. The number of methoxy groups -OCH3 is 2. The molecule has 2 aliphatic rings. The Morgan fingerprint density at radius 2 is 1.72 bits per heavy atom. The molecular weight excluding hydrogens is 650 g/mol. The van der Waals surface area contributed by atoms with Crippen molar-refractivity contribution in [3.8, 4) is 11.5 Å². The molecule has 0 aliphatic carbocycles. The predicted octanol–water partition coefficient (Wildman–Crippen LogP) is 3.09. The highest BCUT2D eigenvalue weighted by molar-refractivity contribution is 5.92. The van der Waals surface area contributed by atoms with Crippen molar-refractivity contribution in [3.05, 3.63) is 71.5 Å². The van der Waals surface area contributed by atoms with Gasteiger partial charge in [-0.1, -0.05) is 30.3 Å². The number of carbonyl (C=O) groups excluding carboxylic acids is 4. The number of benzene rings is 2. The van der Waals surface area contributed by atoms with Gasteiger partial charge in [-0.3, -0.25) is 4.79 Å². The fourth-order valence-corrected chi connectivity index (χ4v) is 5.49. The van der Waals surface area contributed by atoms with Crippen molar-refractivity contribution in [2.24, 2.45) is 5.92 Å². The molecule has 0 radical (unpaired) electrons. The molecule has 0 bridgehead atoms. The molecule has 16 heteroatoms. The van der Waals surface area contributed by atoms with Crippen LogP contribution in [0.3, 0.4) is 0 Å². The molecule has 50 heavy (non-hydrogen) atoms. The van der Waals surface area contributed by atoms with Crippen LogP contribution in [-0.2, 0) is 45.3 Å². The van der Waals surface area contributed by atoms with Gasteiger partial charge in [0.15, 0.2) is 0 Å². The van der Waals surface area contributed by atoms with Crippen LogP contribution in [0.15, 0.2) is 54.7 Å². The van der Waals surface area contributed by atoms with Gasteiger partial charge in [0.2, 0.25) is 5.91 Å². The van der Waals surface area contributed by atoms with Crippen LogP contribution < -0.4 is 20.1 Å². The highest BCUT2D eigenvalue weighted by atomic mass is 16.6. The van der Waals surface area contributed by atoms with Crippen molar-refractivity contribution in [2.45, 2.75) is 64.8 Å². The van der Waals surface area contributed by atoms with Gasteiger partial charge in [0.25, 0.3) is 0 Å². The molecule has 5 rings (SSSR count). The molecule has 0 unspecified atom stereocenters. The Balaban J connectivity index is 1.16. The molecule has 268 valence electrons. The van der Waals surface area contributed by atoms with E-state index in [0.29, 0.717) is 36.8 Å². The van der Waals surface area contributed by atoms with Crippen molar-refractivity contribution in [3.63, 3.8) is 0 Å². The Hall–Kier alpha value is -5.54. The van der Waals surface area contributed by atoms with Gasteiger partial charge in [-0.2, -0.15) is 15.0 Å². The highest BCUT2D eigenvalue weighted by Gasteiger charge is 2.49. The van der Waals surface area contributed by atoms with Crippen molar-refractivity contribution in [2.75, 3.05) is 33.9 Å². The van der Waals surface area contributed by atoms with Crippen LogP contribution in [0, 0.1) is 5.92 Å². The van der Waals surface area contributed by atoms with E-state index in [1.54, 1.807) is 44.9 Å². The molecule has 2 aromatic carbocycles. The summed E-state index contributed by atoms with van der Waals surface area (Å²) < 4.78 is 26.9. The van der Waals surface area contributed by atoms with Gasteiger partial charge in [-0.05, 0) is 38.5 Å². The monoisotopic (exact) mass is 693 g/mol. The molecule has 3 aromatic rings. The Morgan fingerprint density at radius 3 is 2.42 bits per heavy atom. The fraction of sp³-hybridized carbons (Fsp3) is 0.471. The summed E-state index contributed by atoms with van der Waals surface area (Å²) in [6.07, 6.45) is -0.254. The Kier molecular flexibility index (Phi) is 11.3. The summed E-state index contributed by atoms with van der Waals surface area (Å²) in [7, 11) is 3.09. The standard InChI is InChI=1S/C34H43N7O9/c1-34(2,3)50-31(43)35-14-23-16-39(17-23)33(45)49-21-25-15-36-41(38-25)19-27-29(37-32(44)48-20-22-9-7-6-8-10-22)30(42)40(27)18-24-11-12-26(46-4)13-28(24)47-5/h6-13,15,23,27,29H,14,16-21H2,1-5H3,(H,35,43)(H,37,44)/t27-,29+/m1/s1. The maximum Gasteiger partial charge on any atom is 0.410 e.